The summed E-state index contributed by atoms with van der Waals surface area (Å²) < 4.78 is 16.8. The van der Waals surface area contributed by atoms with E-state index in [4.69, 9.17) is 19.7 Å². The van der Waals surface area contributed by atoms with Gasteiger partial charge in [-0.2, -0.15) is 4.98 Å². The van der Waals surface area contributed by atoms with E-state index in [1.54, 1.807) is 7.11 Å². The van der Waals surface area contributed by atoms with Crippen LogP contribution in [-0.4, -0.2) is 36.5 Å². The number of benzene rings is 1. The number of nitrogens with zero attached hydrogens (tertiary/aromatic N) is 2. The van der Waals surface area contributed by atoms with Crippen molar-refractivity contribution in [3.05, 3.63) is 28.6 Å². The second-order valence-corrected chi connectivity index (χ2v) is 5.79. The largest absolute Gasteiger partial charge is 0.496 e. The normalized spacial score (nSPS) is 22.2. The monoisotopic (exact) mass is 353 g/mol. The van der Waals surface area contributed by atoms with Gasteiger partial charge in [0, 0.05) is 18.2 Å². The maximum absolute atomic E-state index is 6.09. The molecule has 0 amide bonds. The predicted octanol–water partition coefficient (Wildman–Crippen LogP) is 2.34. The van der Waals surface area contributed by atoms with Gasteiger partial charge in [-0.05, 0) is 40.5 Å². The molecule has 2 atom stereocenters. The zero-order valence-electron chi connectivity index (χ0n) is 11.6. The Morgan fingerprint density at radius 1 is 1.43 bits per heavy atom. The van der Waals surface area contributed by atoms with Crippen molar-refractivity contribution in [1.29, 1.82) is 0 Å². The van der Waals surface area contributed by atoms with Gasteiger partial charge in [-0.3, -0.25) is 0 Å². The van der Waals surface area contributed by atoms with E-state index in [1.165, 1.54) is 0 Å². The molecule has 1 aliphatic rings. The second-order valence-electron chi connectivity index (χ2n) is 4.94. The molecule has 2 N–H and O–H groups in total. The van der Waals surface area contributed by atoms with Crippen LogP contribution in [-0.2, 0) is 4.74 Å². The Morgan fingerprint density at radius 2 is 2.29 bits per heavy atom. The summed E-state index contributed by atoms with van der Waals surface area (Å²) in [6, 6.07) is 5.63. The van der Waals surface area contributed by atoms with E-state index in [2.05, 4.69) is 26.1 Å². The summed E-state index contributed by atoms with van der Waals surface area (Å²) in [5, 5.41) is 4.03. The Kier molecular flexibility index (Phi) is 4.23. The summed E-state index contributed by atoms with van der Waals surface area (Å²) in [4.78, 5) is 4.45. The van der Waals surface area contributed by atoms with E-state index in [-0.39, 0.29) is 12.0 Å². The summed E-state index contributed by atoms with van der Waals surface area (Å²) >= 11 is 3.45. The van der Waals surface area contributed by atoms with Gasteiger partial charge in [0.05, 0.1) is 24.1 Å². The van der Waals surface area contributed by atoms with Crippen LogP contribution in [0.3, 0.4) is 0 Å². The predicted molar refractivity (Wildman–Crippen MR) is 80.1 cm³/mol. The maximum atomic E-state index is 6.09. The van der Waals surface area contributed by atoms with Crippen LogP contribution in [0.5, 0.6) is 5.75 Å². The summed E-state index contributed by atoms with van der Waals surface area (Å²) in [7, 11) is 1.62. The Labute approximate surface area is 130 Å². The lowest BCUT2D eigenvalue weighted by Crippen LogP contribution is -2.37. The third-order valence-corrected chi connectivity index (χ3v) is 4.20. The average Bonchev–Trinajstić information content (AvgIpc) is 2.97. The van der Waals surface area contributed by atoms with E-state index >= 15 is 0 Å². The summed E-state index contributed by atoms with van der Waals surface area (Å²) in [6.45, 7) is 1.21. The van der Waals surface area contributed by atoms with Gasteiger partial charge in [0.2, 0.25) is 11.7 Å². The molecule has 0 bridgehead atoms. The minimum atomic E-state index is -0.0401. The van der Waals surface area contributed by atoms with Crippen LogP contribution in [0, 0.1) is 0 Å². The lowest BCUT2D eigenvalue weighted by molar-refractivity contribution is 0.0590. The van der Waals surface area contributed by atoms with Crippen molar-refractivity contribution in [3.8, 4) is 17.1 Å². The van der Waals surface area contributed by atoms with Crippen LogP contribution in [0.1, 0.15) is 18.2 Å². The Morgan fingerprint density at radius 3 is 3.00 bits per heavy atom. The highest BCUT2D eigenvalue weighted by molar-refractivity contribution is 9.10. The molecular formula is C14H16BrN3O3. The molecule has 21 heavy (non-hydrogen) atoms. The quantitative estimate of drug-likeness (QED) is 0.911. The second kappa shape index (κ2) is 6.13. The fourth-order valence-electron chi connectivity index (χ4n) is 2.32. The molecule has 0 aliphatic carbocycles. The van der Waals surface area contributed by atoms with E-state index in [9.17, 15) is 0 Å². The molecule has 1 saturated heterocycles. The minimum absolute atomic E-state index is 0.00495. The van der Waals surface area contributed by atoms with Crippen molar-refractivity contribution < 1.29 is 14.0 Å². The van der Waals surface area contributed by atoms with Gasteiger partial charge < -0.3 is 19.7 Å². The lowest BCUT2D eigenvalue weighted by atomic mass is 9.97. The topological polar surface area (TPSA) is 83.4 Å². The fourth-order valence-corrected chi connectivity index (χ4v) is 2.86. The van der Waals surface area contributed by atoms with Crippen LogP contribution in [0.4, 0.5) is 0 Å². The van der Waals surface area contributed by atoms with Crippen LogP contribution in [0.25, 0.3) is 11.4 Å². The standard InChI is InChI=1S/C14H16BrN3O3/c1-19-12-3-2-8(6-10(12)15)13-17-14(21-18-13)9-7-20-5-4-11(9)16/h2-3,6,9,11H,4-5,7,16H2,1H3. The third kappa shape index (κ3) is 2.95. The van der Waals surface area contributed by atoms with Crippen molar-refractivity contribution in [2.75, 3.05) is 20.3 Å². The number of nitrogens with two attached hydrogens (primary N) is 1. The van der Waals surface area contributed by atoms with Crippen LogP contribution < -0.4 is 10.5 Å². The molecule has 2 heterocycles. The number of methoxy groups -OCH3 is 1. The summed E-state index contributed by atoms with van der Waals surface area (Å²) in [5.41, 5.74) is 6.94. The van der Waals surface area contributed by atoms with E-state index in [0.717, 1.165) is 22.2 Å². The number of aromatic nitrogens is 2. The van der Waals surface area contributed by atoms with Gasteiger partial charge in [-0.25, -0.2) is 0 Å². The number of halogens is 1. The van der Waals surface area contributed by atoms with Crippen LogP contribution in [0.2, 0.25) is 0 Å². The number of rotatable bonds is 3. The van der Waals surface area contributed by atoms with Crippen LogP contribution in [0.15, 0.2) is 27.2 Å². The highest BCUT2D eigenvalue weighted by Gasteiger charge is 2.29. The molecule has 112 valence electrons. The zero-order chi connectivity index (χ0) is 14.8. The molecule has 7 heteroatoms. The molecule has 1 aliphatic heterocycles. The third-order valence-electron chi connectivity index (χ3n) is 3.58. The van der Waals surface area contributed by atoms with E-state index in [1.807, 2.05) is 18.2 Å². The molecule has 1 fully saturated rings. The van der Waals surface area contributed by atoms with Gasteiger partial charge in [0.15, 0.2) is 0 Å². The fraction of sp³-hybridized carbons (Fsp3) is 0.429. The van der Waals surface area contributed by atoms with E-state index < -0.39 is 0 Å². The zero-order valence-corrected chi connectivity index (χ0v) is 13.2. The number of hydrogen-bond donors (Lipinski definition) is 1. The Hall–Kier alpha value is -1.44. The number of hydrogen-bond acceptors (Lipinski definition) is 6. The molecule has 2 unspecified atom stereocenters. The molecule has 3 rings (SSSR count). The van der Waals surface area contributed by atoms with Crippen molar-refractivity contribution >= 4 is 15.9 Å². The molecular weight excluding hydrogens is 338 g/mol. The summed E-state index contributed by atoms with van der Waals surface area (Å²) in [5.74, 6) is 1.78. The van der Waals surface area contributed by atoms with Gasteiger partial charge >= 0.3 is 0 Å². The highest BCUT2D eigenvalue weighted by atomic mass is 79.9. The molecule has 0 saturated carbocycles. The lowest BCUT2D eigenvalue weighted by Gasteiger charge is -2.25. The first-order chi connectivity index (χ1) is 10.2. The molecule has 0 spiro atoms. The van der Waals surface area contributed by atoms with Crippen molar-refractivity contribution in [2.24, 2.45) is 5.73 Å². The highest BCUT2D eigenvalue weighted by Crippen LogP contribution is 2.30. The van der Waals surface area contributed by atoms with Crippen molar-refractivity contribution in [3.63, 3.8) is 0 Å². The van der Waals surface area contributed by atoms with E-state index in [0.29, 0.717) is 24.9 Å². The Bertz CT molecular complexity index is 632. The van der Waals surface area contributed by atoms with Gasteiger partial charge in [-0.15, -0.1) is 0 Å². The van der Waals surface area contributed by atoms with Crippen molar-refractivity contribution in [2.45, 2.75) is 18.4 Å². The first-order valence-corrected chi connectivity index (χ1v) is 7.49. The Balaban J connectivity index is 1.86. The minimum Gasteiger partial charge on any atom is -0.496 e. The molecule has 2 aromatic rings. The van der Waals surface area contributed by atoms with Crippen molar-refractivity contribution in [1.82, 2.24) is 10.1 Å². The van der Waals surface area contributed by atoms with Gasteiger partial charge in [0.25, 0.3) is 0 Å². The van der Waals surface area contributed by atoms with Gasteiger partial charge in [-0.1, -0.05) is 5.16 Å². The molecule has 0 radical (unpaired) electrons. The first kappa shape index (κ1) is 14.5. The number of ether oxygens (including phenoxy) is 2. The molecule has 6 nitrogen and oxygen atoms in total. The summed E-state index contributed by atoms with van der Waals surface area (Å²) in [6.07, 6.45) is 0.802. The van der Waals surface area contributed by atoms with Gasteiger partial charge in [0.1, 0.15) is 5.75 Å². The maximum Gasteiger partial charge on any atom is 0.233 e. The SMILES string of the molecule is COc1ccc(-c2noc(C3COCCC3N)n2)cc1Br. The first-order valence-electron chi connectivity index (χ1n) is 6.70. The molecule has 1 aromatic carbocycles. The van der Waals surface area contributed by atoms with Crippen LogP contribution >= 0.6 is 15.9 Å². The smallest absolute Gasteiger partial charge is 0.233 e. The average molecular weight is 354 g/mol. The molecule has 1 aromatic heterocycles.